The lowest BCUT2D eigenvalue weighted by atomic mass is 9.93. The summed E-state index contributed by atoms with van der Waals surface area (Å²) in [5.74, 6) is 0.914. The van der Waals surface area contributed by atoms with Gasteiger partial charge in [0.05, 0.1) is 0 Å². The van der Waals surface area contributed by atoms with Gasteiger partial charge in [-0.1, -0.05) is 35.5 Å². The molecule has 1 unspecified atom stereocenters. The van der Waals surface area contributed by atoms with Crippen molar-refractivity contribution >= 4 is 0 Å². The van der Waals surface area contributed by atoms with Crippen molar-refractivity contribution in [1.29, 1.82) is 0 Å². The molecule has 3 aromatic rings. The summed E-state index contributed by atoms with van der Waals surface area (Å²) in [6, 6.07) is 11.6. The number of rotatable bonds is 3. The van der Waals surface area contributed by atoms with Crippen LogP contribution < -0.4 is 5.73 Å². The largest absolute Gasteiger partial charge is 0.337 e. The molecule has 0 bridgehead atoms. The number of benzene rings is 1. The summed E-state index contributed by atoms with van der Waals surface area (Å²) in [6.07, 6.45) is 3.47. The summed E-state index contributed by atoms with van der Waals surface area (Å²) in [5.41, 5.74) is 8.36. The first-order valence-corrected chi connectivity index (χ1v) is 6.68. The van der Waals surface area contributed by atoms with Crippen molar-refractivity contribution in [3.05, 3.63) is 65.8 Å². The molecule has 0 saturated heterocycles. The van der Waals surface area contributed by atoms with Crippen LogP contribution in [0.4, 0.5) is 0 Å². The van der Waals surface area contributed by atoms with E-state index in [1.165, 1.54) is 0 Å². The van der Waals surface area contributed by atoms with Crippen LogP contribution in [0.5, 0.6) is 0 Å². The van der Waals surface area contributed by atoms with Crippen LogP contribution in [0, 0.1) is 6.92 Å². The van der Waals surface area contributed by atoms with Gasteiger partial charge in [0.15, 0.2) is 0 Å². The molecule has 2 heterocycles. The van der Waals surface area contributed by atoms with Crippen molar-refractivity contribution < 1.29 is 4.52 Å². The average Bonchev–Trinajstić information content (AvgIpc) is 2.99. The van der Waals surface area contributed by atoms with Crippen molar-refractivity contribution in [2.24, 2.45) is 5.73 Å². The summed E-state index contributed by atoms with van der Waals surface area (Å²) >= 11 is 0. The lowest BCUT2D eigenvalue weighted by Crippen LogP contribution is -2.34. The molecule has 0 amide bonds. The van der Waals surface area contributed by atoms with Gasteiger partial charge in [0.1, 0.15) is 5.54 Å². The molecule has 0 aliphatic heterocycles. The standard InChI is InChI=1S/C16H16N4O/c1-11-10-18-9-8-13(11)14-19-15(21-20-14)16(2,17)12-6-4-3-5-7-12/h3-10H,17H2,1-2H3. The zero-order valence-corrected chi connectivity index (χ0v) is 11.9. The zero-order valence-electron chi connectivity index (χ0n) is 11.9. The van der Waals surface area contributed by atoms with Crippen LogP contribution in [-0.4, -0.2) is 15.1 Å². The smallest absolute Gasteiger partial charge is 0.251 e. The van der Waals surface area contributed by atoms with E-state index in [0.29, 0.717) is 11.7 Å². The second-order valence-corrected chi connectivity index (χ2v) is 5.18. The molecule has 2 aromatic heterocycles. The first-order valence-electron chi connectivity index (χ1n) is 6.68. The first-order chi connectivity index (χ1) is 10.1. The van der Waals surface area contributed by atoms with Gasteiger partial charge in [0.25, 0.3) is 5.89 Å². The highest BCUT2D eigenvalue weighted by molar-refractivity contribution is 5.58. The molecule has 0 fully saturated rings. The van der Waals surface area contributed by atoms with Crippen molar-refractivity contribution in [1.82, 2.24) is 15.1 Å². The van der Waals surface area contributed by atoms with Crippen LogP contribution >= 0.6 is 0 Å². The number of hydrogen-bond donors (Lipinski definition) is 1. The van der Waals surface area contributed by atoms with E-state index in [0.717, 1.165) is 16.7 Å². The topological polar surface area (TPSA) is 77.8 Å². The Labute approximate surface area is 122 Å². The molecule has 0 radical (unpaired) electrons. The average molecular weight is 280 g/mol. The Kier molecular flexibility index (Phi) is 3.27. The molecule has 5 heteroatoms. The van der Waals surface area contributed by atoms with Crippen molar-refractivity contribution in [3.8, 4) is 11.4 Å². The first kappa shape index (κ1) is 13.5. The second kappa shape index (κ2) is 5.10. The summed E-state index contributed by atoms with van der Waals surface area (Å²) < 4.78 is 5.39. The molecule has 0 aliphatic carbocycles. The van der Waals surface area contributed by atoms with Gasteiger partial charge in [-0.15, -0.1) is 0 Å². The Morgan fingerprint density at radius 1 is 1.14 bits per heavy atom. The van der Waals surface area contributed by atoms with Crippen molar-refractivity contribution in [3.63, 3.8) is 0 Å². The van der Waals surface area contributed by atoms with Gasteiger partial charge in [0, 0.05) is 18.0 Å². The molecule has 106 valence electrons. The molecule has 1 atom stereocenters. The number of nitrogens with zero attached hydrogens (tertiary/aromatic N) is 3. The quantitative estimate of drug-likeness (QED) is 0.798. The van der Waals surface area contributed by atoms with Gasteiger partial charge in [-0.3, -0.25) is 4.98 Å². The van der Waals surface area contributed by atoms with E-state index in [1.807, 2.05) is 50.2 Å². The van der Waals surface area contributed by atoms with Gasteiger partial charge in [-0.2, -0.15) is 4.98 Å². The Morgan fingerprint density at radius 3 is 2.62 bits per heavy atom. The monoisotopic (exact) mass is 280 g/mol. The van der Waals surface area contributed by atoms with E-state index < -0.39 is 5.54 Å². The SMILES string of the molecule is Cc1cnccc1-c1noc(C(C)(N)c2ccccc2)n1. The molecule has 0 aliphatic rings. The maximum absolute atomic E-state index is 6.38. The van der Waals surface area contributed by atoms with Crippen LogP contribution in [0.15, 0.2) is 53.3 Å². The van der Waals surface area contributed by atoms with Gasteiger partial charge < -0.3 is 10.3 Å². The van der Waals surface area contributed by atoms with E-state index >= 15 is 0 Å². The number of nitrogens with two attached hydrogens (primary N) is 1. The molecule has 5 nitrogen and oxygen atoms in total. The van der Waals surface area contributed by atoms with Crippen molar-refractivity contribution in [2.75, 3.05) is 0 Å². The molecular formula is C16H16N4O. The van der Waals surface area contributed by atoms with E-state index in [1.54, 1.807) is 12.4 Å². The van der Waals surface area contributed by atoms with Gasteiger partial charge in [0.2, 0.25) is 5.82 Å². The minimum atomic E-state index is -0.826. The molecule has 0 spiro atoms. The highest BCUT2D eigenvalue weighted by Crippen LogP contribution is 2.27. The molecule has 0 saturated carbocycles. The zero-order chi connectivity index (χ0) is 14.9. The molecular weight excluding hydrogens is 264 g/mol. The summed E-state index contributed by atoms with van der Waals surface area (Å²) in [7, 11) is 0. The van der Waals surface area contributed by atoms with Gasteiger partial charge in [-0.05, 0) is 31.0 Å². The summed E-state index contributed by atoms with van der Waals surface area (Å²) in [4.78, 5) is 8.52. The number of aryl methyl sites for hydroxylation is 1. The second-order valence-electron chi connectivity index (χ2n) is 5.18. The van der Waals surface area contributed by atoms with Crippen LogP contribution in [0.25, 0.3) is 11.4 Å². The normalized spacial score (nSPS) is 13.9. The molecule has 21 heavy (non-hydrogen) atoms. The minimum Gasteiger partial charge on any atom is -0.337 e. The van der Waals surface area contributed by atoms with Crippen molar-refractivity contribution in [2.45, 2.75) is 19.4 Å². The fourth-order valence-electron chi connectivity index (χ4n) is 2.18. The van der Waals surface area contributed by atoms with Crippen LogP contribution in [0.3, 0.4) is 0 Å². The Morgan fingerprint density at radius 2 is 1.90 bits per heavy atom. The Hall–Kier alpha value is -2.53. The highest BCUT2D eigenvalue weighted by Gasteiger charge is 2.30. The van der Waals surface area contributed by atoms with Crippen LogP contribution in [0.1, 0.15) is 23.9 Å². The Bertz CT molecular complexity index is 750. The summed E-state index contributed by atoms with van der Waals surface area (Å²) in [5, 5.41) is 4.05. The third kappa shape index (κ3) is 2.43. The number of pyridine rings is 1. The molecule has 1 aromatic carbocycles. The van der Waals surface area contributed by atoms with E-state index in [2.05, 4.69) is 15.1 Å². The number of aromatic nitrogens is 3. The van der Waals surface area contributed by atoms with E-state index in [4.69, 9.17) is 10.3 Å². The third-order valence-corrected chi connectivity index (χ3v) is 3.50. The maximum Gasteiger partial charge on any atom is 0.251 e. The molecule has 2 N–H and O–H groups in total. The lowest BCUT2D eigenvalue weighted by molar-refractivity contribution is 0.325. The van der Waals surface area contributed by atoms with E-state index in [-0.39, 0.29) is 0 Å². The Balaban J connectivity index is 2.01. The van der Waals surface area contributed by atoms with E-state index in [9.17, 15) is 0 Å². The predicted octanol–water partition coefficient (Wildman–Crippen LogP) is 2.66. The predicted molar refractivity (Wildman–Crippen MR) is 79.3 cm³/mol. The van der Waals surface area contributed by atoms with Crippen LogP contribution in [-0.2, 0) is 5.54 Å². The third-order valence-electron chi connectivity index (χ3n) is 3.50. The summed E-state index contributed by atoms with van der Waals surface area (Å²) in [6.45, 7) is 3.82. The number of hydrogen-bond acceptors (Lipinski definition) is 5. The lowest BCUT2D eigenvalue weighted by Gasteiger charge is -2.20. The fourth-order valence-corrected chi connectivity index (χ4v) is 2.18. The fraction of sp³-hybridized carbons (Fsp3) is 0.188. The highest BCUT2D eigenvalue weighted by atomic mass is 16.5. The maximum atomic E-state index is 6.38. The van der Waals surface area contributed by atoms with Gasteiger partial charge >= 0.3 is 0 Å². The molecule has 3 rings (SSSR count). The minimum absolute atomic E-state index is 0.389. The van der Waals surface area contributed by atoms with Crippen LogP contribution in [0.2, 0.25) is 0 Å². The van der Waals surface area contributed by atoms with Gasteiger partial charge in [-0.25, -0.2) is 0 Å².